The van der Waals surface area contributed by atoms with Crippen LogP contribution in [0.25, 0.3) is 0 Å². The summed E-state index contributed by atoms with van der Waals surface area (Å²) in [6, 6.07) is 11.6. The molecule has 5 aliphatic rings. The van der Waals surface area contributed by atoms with Crippen LogP contribution in [0, 0.1) is 23.2 Å². The summed E-state index contributed by atoms with van der Waals surface area (Å²) in [6.45, 7) is 12.9. The number of anilines is 1. The molecule has 12 heteroatoms. The number of sulfonamides is 1. The summed E-state index contributed by atoms with van der Waals surface area (Å²) in [6.07, 6.45) is 7.41. The number of hydrogen-bond acceptors (Lipinski definition) is 9. The first-order chi connectivity index (χ1) is 25.0. The molecule has 7 rings (SSSR count). The fourth-order valence-electron chi connectivity index (χ4n) is 8.60. The van der Waals surface area contributed by atoms with Crippen LogP contribution in [0.15, 0.2) is 36.4 Å². The van der Waals surface area contributed by atoms with Gasteiger partial charge in [0.25, 0.3) is 5.91 Å². The van der Waals surface area contributed by atoms with E-state index in [0.717, 1.165) is 107 Å². The van der Waals surface area contributed by atoms with Crippen molar-refractivity contribution in [2.45, 2.75) is 96.3 Å². The molecule has 286 valence electrons. The number of halogens is 1. The molecule has 1 spiro atoms. The minimum atomic E-state index is -3.86. The molecule has 3 saturated heterocycles. The van der Waals surface area contributed by atoms with Crippen LogP contribution in [0.5, 0.6) is 5.75 Å². The van der Waals surface area contributed by atoms with Gasteiger partial charge >= 0.3 is 0 Å². The van der Waals surface area contributed by atoms with Crippen molar-refractivity contribution < 1.29 is 32.2 Å². The van der Waals surface area contributed by atoms with Gasteiger partial charge in [-0.1, -0.05) is 37.9 Å². The number of rotatable bonds is 11. The minimum absolute atomic E-state index is 0.0684. The zero-order chi connectivity index (χ0) is 36.5. The lowest BCUT2D eigenvalue weighted by atomic mass is 9.71. The van der Waals surface area contributed by atoms with Gasteiger partial charge in [-0.3, -0.25) is 9.69 Å². The fourth-order valence-corrected chi connectivity index (χ4v) is 10.1. The van der Waals surface area contributed by atoms with Crippen LogP contribution >= 0.6 is 11.6 Å². The lowest BCUT2D eigenvalue weighted by molar-refractivity contribution is -0.252. The number of likely N-dealkylation sites (tertiary alicyclic amines) is 1. The zero-order valence-corrected chi connectivity index (χ0v) is 32.6. The Morgan fingerprint density at radius 3 is 2.48 bits per heavy atom. The number of nitrogens with one attached hydrogen (secondary N) is 1. The normalized spacial score (nSPS) is 27.3. The molecule has 52 heavy (non-hydrogen) atoms. The molecular weight excluding hydrogens is 702 g/mol. The van der Waals surface area contributed by atoms with E-state index in [-0.39, 0.29) is 12.2 Å². The first kappa shape index (κ1) is 37.9. The Hall–Kier alpha value is -2.41. The van der Waals surface area contributed by atoms with Crippen molar-refractivity contribution in [3.63, 3.8) is 0 Å². The Kier molecular flexibility index (Phi) is 11.8. The van der Waals surface area contributed by atoms with E-state index in [2.05, 4.69) is 14.5 Å². The van der Waals surface area contributed by atoms with Gasteiger partial charge in [-0.2, -0.15) is 0 Å². The molecule has 10 nitrogen and oxygen atoms in total. The third kappa shape index (κ3) is 8.45. The topological polar surface area (TPSA) is 107 Å². The van der Waals surface area contributed by atoms with Crippen LogP contribution in [-0.2, 0) is 37.3 Å². The SMILES string of the molecule is CCC[C@H](C)[C@@H](C)S(=O)(=O)NC(=O)c1ccc2c(c1)N(C[C@@H]1CC[C@H]1CC1OCC(N3CC4(COC4)C3)CO1)CCCCc1cc(Cl)ccc1CO2. The maximum absolute atomic E-state index is 13.6. The summed E-state index contributed by atoms with van der Waals surface area (Å²) in [5.41, 5.74) is 3.78. The monoisotopic (exact) mass is 757 g/mol. The molecule has 0 radical (unpaired) electrons. The number of amides is 1. The van der Waals surface area contributed by atoms with E-state index in [4.69, 9.17) is 30.5 Å². The van der Waals surface area contributed by atoms with Crippen LogP contribution in [-0.4, -0.2) is 89.4 Å². The highest BCUT2D eigenvalue weighted by Crippen LogP contribution is 2.43. The Morgan fingerprint density at radius 1 is 1.02 bits per heavy atom. The maximum atomic E-state index is 13.6. The van der Waals surface area contributed by atoms with E-state index in [1.54, 1.807) is 13.0 Å². The third-order valence-corrected chi connectivity index (χ3v) is 14.5. The number of carbonyl (C=O) groups is 1. The Balaban J connectivity index is 1.05. The number of carbonyl (C=O) groups excluding carboxylic acids is 1. The zero-order valence-electron chi connectivity index (χ0n) is 31.0. The highest BCUT2D eigenvalue weighted by molar-refractivity contribution is 7.90. The standard InChI is InChI=1S/C40H56ClN3O7S/c1-4-7-27(2)28(3)52(46,47)42-39(45)31-12-14-37-36(17-31)43(15-6-5-8-29-16-34(41)13-11-33(29)20-49-37)19-32-10-9-30(32)18-38-50-21-35(22-51-38)44-23-40(24-44)25-48-26-40/h11-14,16-17,27-28,30,32,35,38H,4-10,15,18-26H2,1-3H3,(H,42,45)/t27-,28+,30-,32-,35?,38?/m0/s1. The second-order valence-corrected chi connectivity index (χ2v) is 18.7. The van der Waals surface area contributed by atoms with Crippen molar-refractivity contribution in [2.75, 3.05) is 57.5 Å². The molecular formula is C40H56ClN3O7S. The fraction of sp³-hybridized carbons (Fsp3) is 0.675. The molecule has 4 heterocycles. The molecule has 1 saturated carbocycles. The number of fused-ring (bicyclic) bond motifs is 2. The average molecular weight is 758 g/mol. The molecule has 2 aromatic rings. The van der Waals surface area contributed by atoms with E-state index in [0.29, 0.717) is 54.4 Å². The van der Waals surface area contributed by atoms with Gasteiger partial charge in [0.2, 0.25) is 10.0 Å². The molecule has 2 aromatic carbocycles. The van der Waals surface area contributed by atoms with Crippen molar-refractivity contribution >= 4 is 33.2 Å². The molecule has 4 fully saturated rings. The lowest BCUT2D eigenvalue weighted by Crippen LogP contribution is -2.69. The lowest BCUT2D eigenvalue weighted by Gasteiger charge is -2.58. The van der Waals surface area contributed by atoms with Crippen LogP contribution in [0.4, 0.5) is 5.69 Å². The highest BCUT2D eigenvalue weighted by atomic mass is 35.5. The van der Waals surface area contributed by atoms with Gasteiger partial charge in [-0.15, -0.1) is 0 Å². The van der Waals surface area contributed by atoms with E-state index in [1.807, 2.05) is 44.2 Å². The number of ether oxygens (including phenoxy) is 4. The first-order valence-corrected chi connectivity index (χ1v) is 21.3. The van der Waals surface area contributed by atoms with Gasteiger partial charge in [0.05, 0.1) is 43.4 Å². The number of aryl methyl sites for hydroxylation is 1. The molecule has 4 atom stereocenters. The van der Waals surface area contributed by atoms with Crippen LogP contribution in [0.3, 0.4) is 0 Å². The van der Waals surface area contributed by atoms with Crippen LogP contribution in [0.1, 0.15) is 87.2 Å². The summed E-state index contributed by atoms with van der Waals surface area (Å²) in [5, 5.41) is 0.0313. The first-order valence-electron chi connectivity index (χ1n) is 19.4. The summed E-state index contributed by atoms with van der Waals surface area (Å²) >= 11 is 6.38. The average Bonchev–Trinajstić information content (AvgIpc) is 3.11. The van der Waals surface area contributed by atoms with E-state index >= 15 is 0 Å². The number of benzene rings is 2. The second-order valence-electron chi connectivity index (χ2n) is 16.2. The Bertz CT molecular complexity index is 1670. The van der Waals surface area contributed by atoms with Gasteiger partial charge in [0, 0.05) is 48.6 Å². The van der Waals surface area contributed by atoms with Gasteiger partial charge in [0.15, 0.2) is 6.29 Å². The maximum Gasteiger partial charge on any atom is 0.264 e. The van der Waals surface area contributed by atoms with Gasteiger partial charge in [0.1, 0.15) is 12.4 Å². The molecule has 1 N–H and O–H groups in total. The predicted molar refractivity (Wildman–Crippen MR) is 202 cm³/mol. The summed E-state index contributed by atoms with van der Waals surface area (Å²) in [5.74, 6) is 0.897. The molecule has 0 bridgehead atoms. The van der Waals surface area contributed by atoms with Crippen molar-refractivity contribution in [2.24, 2.45) is 23.2 Å². The quantitative estimate of drug-likeness (QED) is 0.278. The minimum Gasteiger partial charge on any atom is -0.487 e. The van der Waals surface area contributed by atoms with Crippen molar-refractivity contribution in [3.8, 4) is 5.75 Å². The van der Waals surface area contributed by atoms with Gasteiger partial charge in [-0.25, -0.2) is 13.1 Å². The summed E-state index contributed by atoms with van der Waals surface area (Å²) in [4.78, 5) is 18.4. The molecule has 0 aromatic heterocycles. The largest absolute Gasteiger partial charge is 0.487 e. The van der Waals surface area contributed by atoms with Gasteiger partial charge in [-0.05, 0) is 105 Å². The number of nitrogens with zero attached hydrogens (tertiary/aromatic N) is 2. The van der Waals surface area contributed by atoms with Gasteiger partial charge < -0.3 is 23.8 Å². The highest BCUT2D eigenvalue weighted by Gasteiger charge is 2.51. The molecule has 1 aliphatic carbocycles. The van der Waals surface area contributed by atoms with E-state index in [9.17, 15) is 13.2 Å². The molecule has 4 aliphatic heterocycles. The number of hydrogen-bond donors (Lipinski definition) is 1. The molecule has 1 amide bonds. The van der Waals surface area contributed by atoms with Crippen LogP contribution in [0.2, 0.25) is 5.02 Å². The second kappa shape index (κ2) is 16.1. The summed E-state index contributed by atoms with van der Waals surface area (Å²) < 4.78 is 53.4. The van der Waals surface area contributed by atoms with Crippen LogP contribution < -0.4 is 14.4 Å². The Labute approximate surface area is 314 Å². The van der Waals surface area contributed by atoms with E-state index in [1.165, 1.54) is 5.56 Å². The third-order valence-electron chi connectivity index (χ3n) is 12.4. The van der Waals surface area contributed by atoms with E-state index < -0.39 is 21.2 Å². The van der Waals surface area contributed by atoms with Crippen molar-refractivity contribution in [1.82, 2.24) is 9.62 Å². The smallest absolute Gasteiger partial charge is 0.264 e. The Morgan fingerprint density at radius 2 is 1.79 bits per heavy atom. The molecule has 0 unspecified atom stereocenters. The van der Waals surface area contributed by atoms with Crippen molar-refractivity contribution in [1.29, 1.82) is 0 Å². The predicted octanol–water partition coefficient (Wildman–Crippen LogP) is 6.44. The summed E-state index contributed by atoms with van der Waals surface area (Å²) in [7, 11) is -3.86. The van der Waals surface area contributed by atoms with Crippen molar-refractivity contribution in [3.05, 3.63) is 58.1 Å².